The summed E-state index contributed by atoms with van der Waals surface area (Å²) in [5, 5.41) is 18.0. The molecule has 1 unspecified atom stereocenters. The Hall–Kier alpha value is -2.01. The molecule has 0 radical (unpaired) electrons. The molecule has 0 bridgehead atoms. The standard InChI is InChI=1S/C12H12O5/c1-7(14)2-8-3-9(6-13)5-10(4-8)11(15)12(16)17/h3-6,11,15H,2H2,1H3,(H,16,17). The molecule has 0 aliphatic heterocycles. The van der Waals surface area contributed by atoms with E-state index in [0.717, 1.165) is 0 Å². The Balaban J connectivity index is 3.17. The topological polar surface area (TPSA) is 91.7 Å². The molecule has 0 spiro atoms. The molecular weight excluding hydrogens is 224 g/mol. The maximum Gasteiger partial charge on any atom is 0.337 e. The van der Waals surface area contributed by atoms with Gasteiger partial charge in [0.05, 0.1) is 0 Å². The van der Waals surface area contributed by atoms with Crippen LogP contribution in [0.3, 0.4) is 0 Å². The molecule has 0 aromatic heterocycles. The number of ketones is 1. The highest BCUT2D eigenvalue weighted by molar-refractivity contribution is 5.81. The van der Waals surface area contributed by atoms with Crippen LogP contribution in [-0.4, -0.2) is 28.3 Å². The number of aliphatic hydroxyl groups excluding tert-OH is 1. The van der Waals surface area contributed by atoms with Crippen LogP contribution in [-0.2, 0) is 16.0 Å². The number of benzene rings is 1. The van der Waals surface area contributed by atoms with Crippen molar-refractivity contribution < 1.29 is 24.6 Å². The Bertz CT molecular complexity index is 464. The summed E-state index contributed by atoms with van der Waals surface area (Å²) in [7, 11) is 0. The van der Waals surface area contributed by atoms with E-state index < -0.39 is 12.1 Å². The predicted octanol–water partition coefficient (Wildman–Crippen LogP) is 0.749. The summed E-state index contributed by atoms with van der Waals surface area (Å²) >= 11 is 0. The van der Waals surface area contributed by atoms with Crippen molar-refractivity contribution in [2.24, 2.45) is 0 Å². The molecule has 0 fully saturated rings. The van der Waals surface area contributed by atoms with Crippen molar-refractivity contribution >= 4 is 18.0 Å². The van der Waals surface area contributed by atoms with Crippen LogP contribution in [0.1, 0.15) is 34.5 Å². The van der Waals surface area contributed by atoms with E-state index in [1.807, 2.05) is 0 Å². The number of Topliss-reactive ketones (excluding diaryl/α,β-unsaturated/α-hetero) is 1. The Kier molecular flexibility index (Phi) is 4.12. The zero-order valence-corrected chi connectivity index (χ0v) is 9.21. The number of hydrogen-bond acceptors (Lipinski definition) is 4. The molecule has 1 aromatic carbocycles. The molecule has 0 aliphatic carbocycles. The van der Waals surface area contributed by atoms with E-state index in [1.54, 1.807) is 0 Å². The number of carboxylic acids is 1. The van der Waals surface area contributed by atoms with Gasteiger partial charge in [-0.1, -0.05) is 6.07 Å². The van der Waals surface area contributed by atoms with Crippen molar-refractivity contribution in [2.75, 3.05) is 0 Å². The van der Waals surface area contributed by atoms with E-state index in [4.69, 9.17) is 5.11 Å². The Morgan fingerprint density at radius 1 is 1.35 bits per heavy atom. The second kappa shape index (κ2) is 5.36. The molecule has 0 amide bonds. The molecular formula is C12H12O5. The lowest BCUT2D eigenvalue weighted by Gasteiger charge is -2.09. The maximum absolute atomic E-state index is 11.0. The highest BCUT2D eigenvalue weighted by Gasteiger charge is 2.17. The van der Waals surface area contributed by atoms with Gasteiger partial charge in [-0.25, -0.2) is 4.79 Å². The van der Waals surface area contributed by atoms with Crippen LogP contribution in [0, 0.1) is 0 Å². The number of rotatable bonds is 5. The highest BCUT2D eigenvalue weighted by Crippen LogP contribution is 2.17. The van der Waals surface area contributed by atoms with Gasteiger partial charge in [0.2, 0.25) is 0 Å². The molecule has 1 aromatic rings. The van der Waals surface area contributed by atoms with Crippen LogP contribution < -0.4 is 0 Å². The first-order valence-electron chi connectivity index (χ1n) is 4.93. The lowest BCUT2D eigenvalue weighted by molar-refractivity contribution is -0.146. The van der Waals surface area contributed by atoms with Crippen LogP contribution in [0.2, 0.25) is 0 Å². The van der Waals surface area contributed by atoms with Crippen LogP contribution in [0.5, 0.6) is 0 Å². The molecule has 17 heavy (non-hydrogen) atoms. The van der Waals surface area contributed by atoms with Gasteiger partial charge in [-0.05, 0) is 30.2 Å². The first-order chi connectivity index (χ1) is 7.93. The number of aliphatic hydroxyl groups is 1. The number of carboxylic acid groups (broad SMARTS) is 1. The fourth-order valence-electron chi connectivity index (χ4n) is 1.50. The van der Waals surface area contributed by atoms with E-state index in [0.29, 0.717) is 11.8 Å². The monoisotopic (exact) mass is 236 g/mol. The third-order valence-corrected chi connectivity index (χ3v) is 2.18. The van der Waals surface area contributed by atoms with Gasteiger partial charge in [0.1, 0.15) is 12.1 Å². The molecule has 0 saturated heterocycles. The van der Waals surface area contributed by atoms with Crippen LogP contribution in [0.25, 0.3) is 0 Å². The SMILES string of the molecule is CC(=O)Cc1cc(C=O)cc(C(O)C(=O)O)c1. The van der Waals surface area contributed by atoms with Crippen molar-refractivity contribution in [1.82, 2.24) is 0 Å². The minimum atomic E-state index is -1.69. The van der Waals surface area contributed by atoms with Crippen molar-refractivity contribution in [1.29, 1.82) is 0 Å². The van der Waals surface area contributed by atoms with E-state index in [9.17, 15) is 19.5 Å². The zero-order chi connectivity index (χ0) is 13.0. The summed E-state index contributed by atoms with van der Waals surface area (Å²) in [6.45, 7) is 1.39. The normalized spacial score (nSPS) is 11.9. The van der Waals surface area contributed by atoms with Crippen LogP contribution >= 0.6 is 0 Å². The third-order valence-electron chi connectivity index (χ3n) is 2.18. The van der Waals surface area contributed by atoms with E-state index >= 15 is 0 Å². The molecule has 0 aliphatic rings. The Morgan fingerprint density at radius 3 is 2.47 bits per heavy atom. The van der Waals surface area contributed by atoms with E-state index in [2.05, 4.69) is 0 Å². The van der Waals surface area contributed by atoms with E-state index in [1.165, 1.54) is 25.1 Å². The maximum atomic E-state index is 11.0. The van der Waals surface area contributed by atoms with Gasteiger partial charge in [0.15, 0.2) is 6.10 Å². The minimum Gasteiger partial charge on any atom is -0.479 e. The van der Waals surface area contributed by atoms with Crippen molar-refractivity contribution in [2.45, 2.75) is 19.4 Å². The average Bonchev–Trinajstić information content (AvgIpc) is 2.26. The largest absolute Gasteiger partial charge is 0.479 e. The summed E-state index contributed by atoms with van der Waals surface area (Å²) in [5.74, 6) is -1.51. The minimum absolute atomic E-state index is 0.0957. The summed E-state index contributed by atoms with van der Waals surface area (Å²) in [6.07, 6.45) is -1.05. The van der Waals surface area contributed by atoms with Crippen LogP contribution in [0.15, 0.2) is 18.2 Å². The van der Waals surface area contributed by atoms with Crippen molar-refractivity contribution in [3.63, 3.8) is 0 Å². The summed E-state index contributed by atoms with van der Waals surface area (Å²) in [6, 6.07) is 4.19. The van der Waals surface area contributed by atoms with Gasteiger partial charge in [0.25, 0.3) is 0 Å². The molecule has 2 N–H and O–H groups in total. The van der Waals surface area contributed by atoms with Gasteiger partial charge in [0, 0.05) is 12.0 Å². The van der Waals surface area contributed by atoms with Gasteiger partial charge in [-0.2, -0.15) is 0 Å². The molecule has 0 heterocycles. The second-order valence-corrected chi connectivity index (χ2v) is 3.75. The quantitative estimate of drug-likeness (QED) is 0.736. The van der Waals surface area contributed by atoms with E-state index in [-0.39, 0.29) is 23.3 Å². The fraction of sp³-hybridized carbons (Fsp3) is 0.250. The lowest BCUT2D eigenvalue weighted by atomic mass is 9.99. The molecule has 0 saturated carbocycles. The number of aldehydes is 1. The Morgan fingerprint density at radius 2 is 2.00 bits per heavy atom. The molecule has 90 valence electrons. The second-order valence-electron chi connectivity index (χ2n) is 3.75. The summed E-state index contributed by atoms with van der Waals surface area (Å²) < 4.78 is 0. The molecule has 5 heteroatoms. The average molecular weight is 236 g/mol. The number of aliphatic carboxylic acids is 1. The fourth-order valence-corrected chi connectivity index (χ4v) is 1.50. The van der Waals surface area contributed by atoms with Gasteiger partial charge < -0.3 is 10.2 Å². The Labute approximate surface area is 97.7 Å². The number of hydrogen-bond donors (Lipinski definition) is 2. The van der Waals surface area contributed by atoms with Crippen molar-refractivity contribution in [3.8, 4) is 0 Å². The van der Waals surface area contributed by atoms with Crippen LogP contribution in [0.4, 0.5) is 0 Å². The smallest absolute Gasteiger partial charge is 0.337 e. The zero-order valence-electron chi connectivity index (χ0n) is 9.21. The highest BCUT2D eigenvalue weighted by atomic mass is 16.4. The predicted molar refractivity (Wildman–Crippen MR) is 58.8 cm³/mol. The van der Waals surface area contributed by atoms with Gasteiger partial charge >= 0.3 is 5.97 Å². The number of carbonyl (C=O) groups is 3. The van der Waals surface area contributed by atoms with Crippen molar-refractivity contribution in [3.05, 3.63) is 34.9 Å². The summed E-state index contributed by atoms with van der Waals surface area (Å²) in [4.78, 5) is 32.3. The molecule has 5 nitrogen and oxygen atoms in total. The lowest BCUT2D eigenvalue weighted by Crippen LogP contribution is -2.11. The third kappa shape index (κ3) is 3.49. The number of carbonyl (C=O) groups excluding carboxylic acids is 2. The van der Waals surface area contributed by atoms with Gasteiger partial charge in [-0.3, -0.25) is 9.59 Å². The molecule has 1 atom stereocenters. The first-order valence-corrected chi connectivity index (χ1v) is 4.93. The van der Waals surface area contributed by atoms with Gasteiger partial charge in [-0.15, -0.1) is 0 Å². The first kappa shape index (κ1) is 13.1. The summed E-state index contributed by atoms with van der Waals surface area (Å²) in [5.41, 5.74) is 0.842. The molecule has 1 rings (SSSR count).